The largest absolute Gasteiger partial charge is 0.465 e. The molecule has 0 saturated heterocycles. The van der Waals surface area contributed by atoms with Gasteiger partial charge < -0.3 is 41.0 Å². The number of aromatic nitrogens is 4. The second kappa shape index (κ2) is 20.7. The van der Waals surface area contributed by atoms with Crippen LogP contribution in [0.1, 0.15) is 47.2 Å². The number of benzene rings is 3. The molecule has 5 rings (SSSR count). The summed E-state index contributed by atoms with van der Waals surface area (Å²) >= 11 is 0. The Kier molecular flexibility index (Phi) is 15.2. The van der Waals surface area contributed by atoms with E-state index in [0.717, 1.165) is 22.3 Å². The smallest absolute Gasteiger partial charge is 0.404 e. The third kappa shape index (κ3) is 12.4. The summed E-state index contributed by atoms with van der Waals surface area (Å²) in [5, 5.41) is 43.0. The van der Waals surface area contributed by atoms with Gasteiger partial charge in [-0.15, -0.1) is 10.2 Å². The number of hydrogen-bond donors (Lipinski definition) is 7. The summed E-state index contributed by atoms with van der Waals surface area (Å²) in [7, 11) is 0. The Morgan fingerprint density at radius 3 is 2.36 bits per heavy atom. The zero-order valence-corrected chi connectivity index (χ0v) is 30.8. The standard InChI is InChI=1S/C39H48N8O8/c1-25-5-8-31(36(49)40-15-17-54-19-20-55-18-16-48)23-33(25)30-4-2-3-27(21-30)22-34(43-37(50)29-9-6-26(7-10-29)24-41-39(52)53)38(51)42-32-13-11-28(12-14-32)35-44-46-47-45-35/h2-5,8,11-14,21,23,26,29,34,41,48H,6-7,9-10,15-20,22,24H2,1H3,(H,40,49)(H,42,51)(H,43,50)(H,52,53)(H,44,45,46,47)/t26?,29?,34-/m0/s1. The molecule has 1 heterocycles. The number of hydrogen-bond acceptors (Lipinski definition) is 10. The van der Waals surface area contributed by atoms with Crippen LogP contribution in [0.2, 0.25) is 0 Å². The van der Waals surface area contributed by atoms with Crippen LogP contribution < -0.4 is 21.3 Å². The van der Waals surface area contributed by atoms with E-state index in [1.165, 1.54) is 0 Å². The molecule has 1 atom stereocenters. The molecule has 7 N–H and O–H groups in total. The summed E-state index contributed by atoms with van der Waals surface area (Å²) in [5.41, 5.74) is 5.20. The lowest BCUT2D eigenvalue weighted by Gasteiger charge is -2.29. The Balaban J connectivity index is 1.27. The first-order chi connectivity index (χ1) is 26.7. The molecule has 1 aromatic heterocycles. The Hall–Kier alpha value is -5.71. The summed E-state index contributed by atoms with van der Waals surface area (Å²) in [5.74, 6) is -0.570. The predicted octanol–water partition coefficient (Wildman–Crippen LogP) is 3.34. The highest BCUT2D eigenvalue weighted by atomic mass is 16.5. The van der Waals surface area contributed by atoms with Crippen molar-refractivity contribution in [2.24, 2.45) is 11.8 Å². The third-order valence-corrected chi connectivity index (χ3v) is 9.47. The average Bonchev–Trinajstić information content (AvgIpc) is 3.74. The number of aromatic amines is 1. The SMILES string of the molecule is Cc1ccc(C(=O)NCCOCCOCCO)cc1-c1cccc(C[C@H](NC(=O)C2CCC(CNC(=O)O)CC2)C(=O)Nc2ccc(-c3nn[nH]n3)cc2)c1. The number of carbonyl (C=O) groups is 4. The first kappa shape index (κ1) is 40.5. The van der Waals surface area contributed by atoms with E-state index in [9.17, 15) is 19.2 Å². The van der Waals surface area contributed by atoms with Gasteiger partial charge >= 0.3 is 6.09 Å². The quantitative estimate of drug-likeness (QED) is 0.0687. The molecule has 3 aromatic carbocycles. The van der Waals surface area contributed by atoms with Crippen molar-refractivity contribution in [3.8, 4) is 22.5 Å². The zero-order chi connectivity index (χ0) is 39.0. The van der Waals surface area contributed by atoms with Crippen molar-refractivity contribution in [1.29, 1.82) is 0 Å². The fraction of sp³-hybridized carbons (Fsp3) is 0.410. The average molecular weight is 757 g/mol. The number of tetrazole rings is 1. The molecular weight excluding hydrogens is 708 g/mol. The third-order valence-electron chi connectivity index (χ3n) is 9.47. The lowest BCUT2D eigenvalue weighted by atomic mass is 9.81. The fourth-order valence-corrected chi connectivity index (χ4v) is 6.48. The maximum absolute atomic E-state index is 13.9. The molecule has 4 aromatic rings. The van der Waals surface area contributed by atoms with Gasteiger partial charge in [-0.05, 0) is 102 Å². The van der Waals surface area contributed by atoms with Gasteiger partial charge in [-0.1, -0.05) is 30.3 Å². The molecule has 292 valence electrons. The minimum atomic E-state index is -1.06. The number of H-pyrrole nitrogens is 1. The van der Waals surface area contributed by atoms with Crippen LogP contribution in [0.15, 0.2) is 66.7 Å². The lowest BCUT2D eigenvalue weighted by Crippen LogP contribution is -2.48. The van der Waals surface area contributed by atoms with Crippen LogP contribution in [0, 0.1) is 18.8 Å². The van der Waals surface area contributed by atoms with E-state index < -0.39 is 12.1 Å². The number of aliphatic hydroxyl groups is 1. The molecule has 0 unspecified atom stereocenters. The molecule has 1 aliphatic rings. The monoisotopic (exact) mass is 756 g/mol. The summed E-state index contributed by atoms with van der Waals surface area (Å²) < 4.78 is 10.6. The second-order valence-electron chi connectivity index (χ2n) is 13.4. The van der Waals surface area contributed by atoms with Crippen LogP contribution >= 0.6 is 0 Å². The maximum Gasteiger partial charge on any atom is 0.404 e. The number of nitrogens with zero attached hydrogens (tertiary/aromatic N) is 3. The number of aliphatic hydroxyl groups excluding tert-OH is 1. The van der Waals surface area contributed by atoms with E-state index in [1.807, 2.05) is 43.3 Å². The zero-order valence-electron chi connectivity index (χ0n) is 30.8. The van der Waals surface area contributed by atoms with Crippen molar-refractivity contribution in [2.45, 2.75) is 45.1 Å². The lowest BCUT2D eigenvalue weighted by molar-refractivity contribution is -0.130. The number of anilines is 1. The first-order valence-electron chi connectivity index (χ1n) is 18.4. The minimum absolute atomic E-state index is 0.0456. The second-order valence-corrected chi connectivity index (χ2v) is 13.4. The molecular formula is C39H48N8O8. The van der Waals surface area contributed by atoms with Gasteiger partial charge in [-0.2, -0.15) is 5.21 Å². The molecule has 1 aliphatic carbocycles. The Bertz CT molecular complexity index is 1860. The van der Waals surface area contributed by atoms with Gasteiger partial charge in [0.15, 0.2) is 0 Å². The van der Waals surface area contributed by atoms with Crippen LogP contribution in [0.25, 0.3) is 22.5 Å². The highest BCUT2D eigenvalue weighted by molar-refractivity contribution is 5.98. The maximum atomic E-state index is 13.9. The summed E-state index contributed by atoms with van der Waals surface area (Å²) in [6, 6.07) is 19.2. The number of ether oxygens (including phenoxy) is 2. The molecule has 0 radical (unpaired) electrons. The molecule has 16 nitrogen and oxygen atoms in total. The number of nitrogens with one attached hydrogen (secondary N) is 5. The number of amides is 4. The van der Waals surface area contributed by atoms with Crippen molar-refractivity contribution >= 4 is 29.5 Å². The highest BCUT2D eigenvalue weighted by Crippen LogP contribution is 2.30. The van der Waals surface area contributed by atoms with Gasteiger partial charge in [-0.25, -0.2) is 4.79 Å². The van der Waals surface area contributed by atoms with Crippen LogP contribution in [-0.4, -0.2) is 107 Å². The van der Waals surface area contributed by atoms with Gasteiger partial charge in [0.1, 0.15) is 6.04 Å². The summed E-state index contributed by atoms with van der Waals surface area (Å²) in [6.45, 7) is 3.88. The van der Waals surface area contributed by atoms with Crippen molar-refractivity contribution in [1.82, 2.24) is 36.6 Å². The first-order valence-corrected chi connectivity index (χ1v) is 18.4. The normalized spacial score (nSPS) is 15.8. The number of carbonyl (C=O) groups excluding carboxylic acids is 3. The van der Waals surface area contributed by atoms with Crippen LogP contribution in [-0.2, 0) is 25.5 Å². The van der Waals surface area contributed by atoms with E-state index in [1.54, 1.807) is 30.3 Å². The van der Waals surface area contributed by atoms with Crippen LogP contribution in [0.5, 0.6) is 0 Å². The van der Waals surface area contributed by atoms with E-state index in [-0.39, 0.29) is 49.2 Å². The summed E-state index contributed by atoms with van der Waals surface area (Å²) in [6.07, 6.45) is 1.73. The van der Waals surface area contributed by atoms with Crippen molar-refractivity contribution in [2.75, 3.05) is 51.4 Å². The minimum Gasteiger partial charge on any atom is -0.465 e. The van der Waals surface area contributed by atoms with E-state index in [2.05, 4.69) is 41.9 Å². The van der Waals surface area contributed by atoms with Crippen LogP contribution in [0.3, 0.4) is 0 Å². The van der Waals surface area contributed by atoms with Crippen LogP contribution in [0.4, 0.5) is 10.5 Å². The molecule has 55 heavy (non-hydrogen) atoms. The summed E-state index contributed by atoms with van der Waals surface area (Å²) in [4.78, 5) is 51.4. The van der Waals surface area contributed by atoms with Gasteiger partial charge in [-0.3, -0.25) is 14.4 Å². The van der Waals surface area contributed by atoms with E-state index in [0.29, 0.717) is 81.2 Å². The highest BCUT2D eigenvalue weighted by Gasteiger charge is 2.30. The molecule has 0 bridgehead atoms. The Labute approximate surface area is 318 Å². The topological polar surface area (TPSA) is 230 Å². The van der Waals surface area contributed by atoms with Gasteiger partial charge in [0, 0.05) is 42.2 Å². The molecule has 1 saturated carbocycles. The molecule has 0 aliphatic heterocycles. The number of carboxylic acid groups (broad SMARTS) is 1. The van der Waals surface area contributed by atoms with E-state index >= 15 is 0 Å². The van der Waals surface area contributed by atoms with Gasteiger partial charge in [0.05, 0.1) is 33.0 Å². The number of rotatable bonds is 19. The molecule has 4 amide bonds. The van der Waals surface area contributed by atoms with Crippen molar-refractivity contribution < 1.29 is 38.9 Å². The van der Waals surface area contributed by atoms with Crippen molar-refractivity contribution in [3.63, 3.8) is 0 Å². The van der Waals surface area contributed by atoms with E-state index in [4.69, 9.17) is 19.7 Å². The fourth-order valence-electron chi connectivity index (χ4n) is 6.48. The Morgan fingerprint density at radius 1 is 0.891 bits per heavy atom. The van der Waals surface area contributed by atoms with Gasteiger partial charge in [0.25, 0.3) is 5.91 Å². The molecule has 1 fully saturated rings. The number of aryl methyl sites for hydroxylation is 1. The molecule has 16 heteroatoms. The van der Waals surface area contributed by atoms with Gasteiger partial charge in [0.2, 0.25) is 17.6 Å². The van der Waals surface area contributed by atoms with Crippen molar-refractivity contribution in [3.05, 3.63) is 83.4 Å². The predicted molar refractivity (Wildman–Crippen MR) is 203 cm³/mol. The Morgan fingerprint density at radius 2 is 1.65 bits per heavy atom. The molecule has 0 spiro atoms.